The van der Waals surface area contributed by atoms with Crippen LogP contribution in [0.2, 0.25) is 0 Å². The molecular formula is C15H15N3S. The maximum atomic E-state index is 5.70. The first-order valence-corrected chi connectivity index (χ1v) is 6.91. The van der Waals surface area contributed by atoms with Gasteiger partial charge in [0.2, 0.25) is 0 Å². The van der Waals surface area contributed by atoms with E-state index in [1.165, 1.54) is 16.0 Å². The molecule has 0 aliphatic carbocycles. The molecule has 0 aliphatic rings. The van der Waals surface area contributed by atoms with Crippen LogP contribution in [-0.2, 0) is 6.54 Å². The van der Waals surface area contributed by atoms with Gasteiger partial charge >= 0.3 is 0 Å². The second-order valence-corrected chi connectivity index (χ2v) is 5.35. The minimum atomic E-state index is 0.801. The number of nitrogens with two attached hydrogens (primary N) is 1. The van der Waals surface area contributed by atoms with Crippen LogP contribution in [-0.4, -0.2) is 11.4 Å². The minimum absolute atomic E-state index is 0.801. The van der Waals surface area contributed by atoms with Crippen molar-refractivity contribution in [1.82, 2.24) is 4.37 Å². The van der Waals surface area contributed by atoms with E-state index in [0.29, 0.717) is 0 Å². The summed E-state index contributed by atoms with van der Waals surface area (Å²) >= 11 is 1.54. The molecule has 0 aliphatic heterocycles. The van der Waals surface area contributed by atoms with Gasteiger partial charge < -0.3 is 10.6 Å². The Hall–Kier alpha value is -2.07. The standard InChI is InChI=1S/C15H15N3S/c1-18(10-11-6-8-12(16)9-7-11)15-13-4-2-3-5-14(13)17-19-15/h2-9H,10,16H2,1H3. The molecule has 1 aromatic heterocycles. The number of anilines is 2. The van der Waals surface area contributed by atoms with Gasteiger partial charge in [0.25, 0.3) is 0 Å². The lowest BCUT2D eigenvalue weighted by Crippen LogP contribution is -2.15. The lowest BCUT2D eigenvalue weighted by Gasteiger charge is -2.17. The predicted octanol–water partition coefficient (Wildman–Crippen LogP) is 3.51. The van der Waals surface area contributed by atoms with Crippen molar-refractivity contribution in [2.75, 3.05) is 17.7 Å². The van der Waals surface area contributed by atoms with Crippen molar-refractivity contribution < 1.29 is 0 Å². The summed E-state index contributed by atoms with van der Waals surface area (Å²) in [5, 5.41) is 2.41. The van der Waals surface area contributed by atoms with Crippen molar-refractivity contribution in [2.24, 2.45) is 0 Å². The summed E-state index contributed by atoms with van der Waals surface area (Å²) in [5.41, 5.74) is 8.81. The van der Waals surface area contributed by atoms with Crippen molar-refractivity contribution in [2.45, 2.75) is 6.54 Å². The molecule has 4 heteroatoms. The topological polar surface area (TPSA) is 42.1 Å². The van der Waals surface area contributed by atoms with Crippen LogP contribution in [0.4, 0.5) is 10.7 Å². The number of fused-ring (bicyclic) bond motifs is 1. The van der Waals surface area contributed by atoms with Crippen LogP contribution < -0.4 is 10.6 Å². The Kier molecular flexibility index (Phi) is 3.09. The summed E-state index contributed by atoms with van der Waals surface area (Å²) < 4.78 is 4.48. The molecule has 3 rings (SSSR count). The molecule has 3 nitrogen and oxygen atoms in total. The average molecular weight is 269 g/mol. The second-order valence-electron chi connectivity index (χ2n) is 4.60. The fourth-order valence-electron chi connectivity index (χ4n) is 2.12. The maximum Gasteiger partial charge on any atom is 0.120 e. The van der Waals surface area contributed by atoms with Crippen LogP contribution in [0.5, 0.6) is 0 Å². The van der Waals surface area contributed by atoms with Gasteiger partial charge in [-0.3, -0.25) is 0 Å². The van der Waals surface area contributed by atoms with Crippen LogP contribution in [0.25, 0.3) is 10.9 Å². The molecule has 2 N–H and O–H groups in total. The van der Waals surface area contributed by atoms with E-state index in [4.69, 9.17) is 5.73 Å². The van der Waals surface area contributed by atoms with Crippen molar-refractivity contribution in [3.8, 4) is 0 Å². The summed E-state index contributed by atoms with van der Waals surface area (Å²) in [4.78, 5) is 2.23. The molecule has 1 heterocycles. The summed E-state index contributed by atoms with van der Waals surface area (Å²) in [6.07, 6.45) is 0. The van der Waals surface area contributed by atoms with E-state index in [0.717, 1.165) is 17.7 Å². The zero-order valence-electron chi connectivity index (χ0n) is 10.7. The SMILES string of the molecule is CN(Cc1ccc(N)cc1)c1snc2ccccc12. The van der Waals surface area contributed by atoms with Gasteiger partial charge in [-0.1, -0.05) is 24.3 Å². The highest BCUT2D eigenvalue weighted by molar-refractivity contribution is 7.11. The first-order valence-electron chi connectivity index (χ1n) is 6.14. The van der Waals surface area contributed by atoms with Crippen LogP contribution in [0.3, 0.4) is 0 Å². The largest absolute Gasteiger partial charge is 0.399 e. The number of rotatable bonds is 3. The van der Waals surface area contributed by atoms with Gasteiger partial charge in [-0.25, -0.2) is 0 Å². The molecular weight excluding hydrogens is 254 g/mol. The third-order valence-corrected chi connectivity index (χ3v) is 4.10. The highest BCUT2D eigenvalue weighted by atomic mass is 32.1. The molecule has 0 amide bonds. The Morgan fingerprint density at radius 2 is 1.84 bits per heavy atom. The molecule has 0 unspecified atom stereocenters. The number of aromatic nitrogens is 1. The lowest BCUT2D eigenvalue weighted by atomic mass is 10.2. The van der Waals surface area contributed by atoms with Crippen molar-refractivity contribution >= 4 is 33.1 Å². The number of hydrogen-bond acceptors (Lipinski definition) is 4. The molecule has 0 radical (unpaired) electrons. The van der Waals surface area contributed by atoms with Crippen LogP contribution in [0.1, 0.15) is 5.56 Å². The van der Waals surface area contributed by atoms with Crippen LogP contribution in [0.15, 0.2) is 48.5 Å². The Labute approximate surface area is 116 Å². The normalized spacial score (nSPS) is 10.8. The van der Waals surface area contributed by atoms with Gasteiger partial charge in [0.15, 0.2) is 0 Å². The van der Waals surface area contributed by atoms with Gasteiger partial charge in [-0.2, -0.15) is 4.37 Å². The zero-order chi connectivity index (χ0) is 13.2. The molecule has 0 spiro atoms. The quantitative estimate of drug-likeness (QED) is 0.740. The van der Waals surface area contributed by atoms with Crippen LogP contribution >= 0.6 is 11.5 Å². The molecule has 96 valence electrons. The first kappa shape index (κ1) is 12.0. The monoisotopic (exact) mass is 269 g/mol. The molecule has 0 saturated heterocycles. The fourth-order valence-corrected chi connectivity index (χ4v) is 2.94. The molecule has 0 fully saturated rings. The van der Waals surface area contributed by atoms with Gasteiger partial charge in [0, 0.05) is 24.7 Å². The van der Waals surface area contributed by atoms with Gasteiger partial charge in [-0.15, -0.1) is 0 Å². The molecule has 0 saturated carbocycles. The fraction of sp³-hybridized carbons (Fsp3) is 0.133. The van der Waals surface area contributed by atoms with E-state index in [-0.39, 0.29) is 0 Å². The number of hydrogen-bond donors (Lipinski definition) is 1. The molecule has 0 bridgehead atoms. The number of benzene rings is 2. The smallest absolute Gasteiger partial charge is 0.120 e. The minimum Gasteiger partial charge on any atom is -0.399 e. The summed E-state index contributed by atoms with van der Waals surface area (Å²) in [6, 6.07) is 16.2. The van der Waals surface area contributed by atoms with E-state index in [1.54, 1.807) is 11.5 Å². The van der Waals surface area contributed by atoms with Crippen LogP contribution in [0, 0.1) is 0 Å². The Bertz CT molecular complexity index is 688. The third kappa shape index (κ3) is 2.39. The van der Waals surface area contributed by atoms with Gasteiger partial charge in [-0.05, 0) is 41.4 Å². The first-order chi connectivity index (χ1) is 9.24. The molecule has 2 aromatic carbocycles. The second kappa shape index (κ2) is 4.90. The molecule has 19 heavy (non-hydrogen) atoms. The Morgan fingerprint density at radius 3 is 2.63 bits per heavy atom. The number of nitrogen functional groups attached to an aromatic ring is 1. The van der Waals surface area contributed by atoms with E-state index in [1.807, 2.05) is 24.3 Å². The van der Waals surface area contributed by atoms with Crippen molar-refractivity contribution in [3.63, 3.8) is 0 Å². The highest BCUT2D eigenvalue weighted by Crippen LogP contribution is 2.31. The average Bonchev–Trinajstić information content (AvgIpc) is 2.85. The van der Waals surface area contributed by atoms with E-state index < -0.39 is 0 Å². The van der Waals surface area contributed by atoms with E-state index >= 15 is 0 Å². The van der Waals surface area contributed by atoms with E-state index in [2.05, 4.69) is 40.6 Å². The Balaban J connectivity index is 1.87. The van der Waals surface area contributed by atoms with Crippen molar-refractivity contribution in [1.29, 1.82) is 0 Å². The van der Waals surface area contributed by atoms with E-state index in [9.17, 15) is 0 Å². The third-order valence-electron chi connectivity index (χ3n) is 3.11. The predicted molar refractivity (Wildman–Crippen MR) is 82.6 cm³/mol. The van der Waals surface area contributed by atoms with Crippen molar-refractivity contribution in [3.05, 3.63) is 54.1 Å². The molecule has 0 atom stereocenters. The maximum absolute atomic E-state index is 5.70. The number of nitrogens with zero attached hydrogens (tertiary/aromatic N) is 2. The highest BCUT2D eigenvalue weighted by Gasteiger charge is 2.10. The summed E-state index contributed by atoms with van der Waals surface area (Å²) in [7, 11) is 2.09. The summed E-state index contributed by atoms with van der Waals surface area (Å²) in [6.45, 7) is 0.854. The summed E-state index contributed by atoms with van der Waals surface area (Å²) in [5.74, 6) is 0. The Morgan fingerprint density at radius 1 is 1.11 bits per heavy atom. The van der Waals surface area contributed by atoms with Gasteiger partial charge in [0.1, 0.15) is 5.00 Å². The van der Waals surface area contributed by atoms with Gasteiger partial charge in [0.05, 0.1) is 5.52 Å². The molecule has 3 aromatic rings. The lowest BCUT2D eigenvalue weighted by molar-refractivity contribution is 0.939. The zero-order valence-corrected chi connectivity index (χ0v) is 11.5.